The number of likely N-dealkylation sites (tertiary alicyclic amines) is 1. The molecule has 5 heterocycles. The molecule has 14 heteroatoms. The average Bonchev–Trinajstić information content (AvgIpc) is 3.51. The lowest BCUT2D eigenvalue weighted by Crippen LogP contribution is -2.54. The van der Waals surface area contributed by atoms with Gasteiger partial charge in [-0.1, -0.05) is 23.4 Å². The van der Waals surface area contributed by atoms with E-state index in [2.05, 4.69) is 43.1 Å². The Morgan fingerprint density at radius 2 is 1.98 bits per heavy atom. The summed E-state index contributed by atoms with van der Waals surface area (Å²) in [4.78, 5) is 41.0. The first-order valence-corrected chi connectivity index (χ1v) is 16.9. The summed E-state index contributed by atoms with van der Waals surface area (Å²) < 4.78 is 28.8. The minimum absolute atomic E-state index is 0.0157. The number of nitriles is 1. The molecule has 2 aliphatic rings. The smallest absolute Gasteiger partial charge is 0.338 e. The number of thiophene rings is 1. The Hall–Kier alpha value is -4.95. The van der Waals surface area contributed by atoms with E-state index in [1.54, 1.807) is 42.8 Å². The quantitative estimate of drug-likeness (QED) is 0.195. The minimum Gasteiger partial charge on any atom is -0.478 e. The molecule has 7 rings (SSSR count). The number of pyridine rings is 2. The SMILES string of the molecule is Cc1nc2cnc(NC3CCN(C4CC(F)(F)C4)CC3)c(C#N)c2c(=O)n1CC#Cc1ccc(Cl)cc1-c1ccnc2c(C(=O)O)csc12. The number of hydrogen-bond donors (Lipinski definition) is 2. The van der Waals surface area contributed by atoms with Crippen molar-refractivity contribution < 1.29 is 18.7 Å². The van der Waals surface area contributed by atoms with E-state index in [0.717, 1.165) is 5.56 Å². The number of halogens is 3. The molecule has 0 radical (unpaired) electrons. The Kier molecular flexibility index (Phi) is 8.53. The second-order valence-electron chi connectivity index (χ2n) is 12.3. The second kappa shape index (κ2) is 12.8. The predicted octanol–water partition coefficient (Wildman–Crippen LogP) is 6.33. The number of nitrogens with one attached hydrogen (secondary N) is 1. The van der Waals surface area contributed by atoms with E-state index in [0.29, 0.717) is 63.6 Å². The number of carbonyl (C=O) groups is 1. The van der Waals surface area contributed by atoms with Gasteiger partial charge in [-0.15, -0.1) is 11.3 Å². The molecule has 1 aromatic carbocycles. The van der Waals surface area contributed by atoms with Crippen LogP contribution in [0.1, 0.15) is 53.0 Å². The van der Waals surface area contributed by atoms with Gasteiger partial charge in [-0.25, -0.2) is 23.5 Å². The third-order valence-electron chi connectivity index (χ3n) is 9.17. The van der Waals surface area contributed by atoms with Crippen LogP contribution in [0.3, 0.4) is 0 Å². The number of benzene rings is 1. The van der Waals surface area contributed by atoms with Crippen LogP contribution in [0.25, 0.3) is 32.2 Å². The van der Waals surface area contributed by atoms with Gasteiger partial charge >= 0.3 is 5.97 Å². The summed E-state index contributed by atoms with van der Waals surface area (Å²) in [6.07, 6.45) is 4.22. The van der Waals surface area contributed by atoms with Gasteiger partial charge in [0.15, 0.2) is 0 Å². The van der Waals surface area contributed by atoms with E-state index in [9.17, 15) is 28.7 Å². The number of carboxylic acid groups (broad SMARTS) is 1. The van der Waals surface area contributed by atoms with Gasteiger partial charge in [0, 0.05) is 71.3 Å². The Morgan fingerprint density at radius 1 is 1.20 bits per heavy atom. The molecular formula is C35H28ClF2N7O3S. The van der Waals surface area contributed by atoms with Crippen LogP contribution < -0.4 is 10.9 Å². The zero-order valence-electron chi connectivity index (χ0n) is 26.1. The highest BCUT2D eigenvalue weighted by atomic mass is 35.5. The molecule has 1 saturated carbocycles. The molecule has 1 aliphatic carbocycles. The van der Waals surface area contributed by atoms with Crippen LogP contribution in [0.5, 0.6) is 0 Å². The lowest BCUT2D eigenvalue weighted by Gasteiger charge is -2.45. The van der Waals surface area contributed by atoms with Crippen molar-refractivity contribution in [2.24, 2.45) is 0 Å². The normalized spacial score (nSPS) is 16.6. The van der Waals surface area contributed by atoms with Gasteiger partial charge < -0.3 is 10.4 Å². The van der Waals surface area contributed by atoms with Gasteiger partial charge in [-0.2, -0.15) is 5.26 Å². The maximum Gasteiger partial charge on any atom is 0.338 e. The van der Waals surface area contributed by atoms with Crippen LogP contribution in [0.15, 0.2) is 46.8 Å². The number of aryl methyl sites for hydroxylation is 1. The summed E-state index contributed by atoms with van der Waals surface area (Å²) in [5, 5.41) is 25.2. The van der Waals surface area contributed by atoms with Crippen LogP contribution in [-0.2, 0) is 6.54 Å². The maximum absolute atomic E-state index is 13.9. The highest BCUT2D eigenvalue weighted by molar-refractivity contribution is 7.18. The van der Waals surface area contributed by atoms with Crippen LogP contribution in [0, 0.1) is 30.1 Å². The van der Waals surface area contributed by atoms with Gasteiger partial charge in [0.25, 0.3) is 11.5 Å². The third-order valence-corrected chi connectivity index (χ3v) is 10.4. The largest absolute Gasteiger partial charge is 0.478 e. The number of hydrogen-bond acceptors (Lipinski definition) is 9. The first-order chi connectivity index (χ1) is 23.5. The number of anilines is 1. The van der Waals surface area contributed by atoms with E-state index < -0.39 is 17.5 Å². The van der Waals surface area contributed by atoms with Crippen molar-refractivity contribution in [1.29, 1.82) is 5.26 Å². The molecule has 0 atom stereocenters. The highest BCUT2D eigenvalue weighted by Gasteiger charge is 2.48. The topological polar surface area (TPSA) is 137 Å². The molecular weight excluding hydrogens is 672 g/mol. The number of aromatic carboxylic acids is 1. The standard InChI is InChI=1S/C35H28ClF2N7O3S/c1-19-42-28-17-41-32(43-22-7-11-44(12-8-22)23-14-35(37,38)15-23)26(16-39)29(28)33(46)45(19)10-2-3-20-4-5-21(36)13-25(20)24-6-9-40-30-27(34(47)48)18-49-31(24)30/h4-6,9,13,17-18,22-23H,7-8,10-12,14-15H2,1H3,(H,41,43)(H,47,48). The molecule has 49 heavy (non-hydrogen) atoms. The molecule has 0 amide bonds. The van der Waals surface area contributed by atoms with Crippen molar-refractivity contribution in [3.63, 3.8) is 0 Å². The zero-order valence-corrected chi connectivity index (χ0v) is 27.7. The lowest BCUT2D eigenvalue weighted by atomic mass is 9.85. The summed E-state index contributed by atoms with van der Waals surface area (Å²) in [6.45, 7) is 3.00. The van der Waals surface area contributed by atoms with Crippen LogP contribution in [0.4, 0.5) is 14.6 Å². The van der Waals surface area contributed by atoms with E-state index in [-0.39, 0.29) is 53.8 Å². The van der Waals surface area contributed by atoms with Crippen LogP contribution in [-0.4, -0.2) is 66.6 Å². The molecule has 2 fully saturated rings. The van der Waals surface area contributed by atoms with Gasteiger partial charge in [0.2, 0.25) is 0 Å². The lowest BCUT2D eigenvalue weighted by molar-refractivity contribution is -0.127. The Balaban J connectivity index is 1.16. The fraction of sp³-hybridized carbons (Fsp3) is 0.314. The number of nitrogens with zero attached hydrogens (tertiary/aromatic N) is 6. The first kappa shape index (κ1) is 32.6. The van der Waals surface area contributed by atoms with Crippen LogP contribution in [0.2, 0.25) is 5.02 Å². The van der Waals surface area contributed by atoms with E-state index in [1.807, 2.05) is 0 Å². The van der Waals surface area contributed by atoms with E-state index in [4.69, 9.17) is 11.6 Å². The van der Waals surface area contributed by atoms with Crippen molar-refractivity contribution in [1.82, 2.24) is 24.4 Å². The molecule has 2 N–H and O–H groups in total. The van der Waals surface area contributed by atoms with Gasteiger partial charge in [-0.05, 0) is 44.0 Å². The summed E-state index contributed by atoms with van der Waals surface area (Å²) in [5.74, 6) is 3.27. The zero-order chi connectivity index (χ0) is 34.4. The van der Waals surface area contributed by atoms with Crippen molar-refractivity contribution in [3.05, 3.63) is 79.9 Å². The molecule has 4 aromatic heterocycles. The maximum atomic E-state index is 13.9. The molecule has 0 spiro atoms. The van der Waals surface area contributed by atoms with Gasteiger partial charge in [-0.3, -0.25) is 19.2 Å². The van der Waals surface area contributed by atoms with E-state index in [1.165, 1.54) is 22.1 Å². The minimum atomic E-state index is -2.56. The average molecular weight is 700 g/mol. The Morgan fingerprint density at radius 3 is 2.69 bits per heavy atom. The summed E-state index contributed by atoms with van der Waals surface area (Å²) >= 11 is 7.64. The highest BCUT2D eigenvalue weighted by Crippen LogP contribution is 2.41. The monoisotopic (exact) mass is 699 g/mol. The second-order valence-corrected chi connectivity index (χ2v) is 13.6. The fourth-order valence-corrected chi connectivity index (χ4v) is 7.77. The third kappa shape index (κ3) is 6.21. The number of carboxylic acids is 1. The molecule has 248 valence electrons. The van der Waals surface area contributed by atoms with Gasteiger partial charge in [0.1, 0.15) is 23.3 Å². The number of rotatable bonds is 6. The van der Waals surface area contributed by atoms with Crippen molar-refractivity contribution in [2.45, 2.75) is 57.2 Å². The van der Waals surface area contributed by atoms with Crippen molar-refractivity contribution in [3.8, 4) is 29.0 Å². The number of piperidine rings is 1. The van der Waals surface area contributed by atoms with Crippen LogP contribution >= 0.6 is 22.9 Å². The number of aromatic nitrogens is 4. The molecule has 1 saturated heterocycles. The molecule has 0 bridgehead atoms. The molecule has 0 unspecified atom stereocenters. The number of fused-ring (bicyclic) bond motifs is 2. The van der Waals surface area contributed by atoms with Crippen molar-refractivity contribution in [2.75, 3.05) is 18.4 Å². The predicted molar refractivity (Wildman–Crippen MR) is 183 cm³/mol. The summed E-state index contributed by atoms with van der Waals surface area (Å²) in [6, 6.07) is 9.03. The first-order valence-electron chi connectivity index (χ1n) is 15.6. The molecule has 10 nitrogen and oxygen atoms in total. The fourth-order valence-electron chi connectivity index (χ4n) is 6.57. The Bertz CT molecular complexity index is 2310. The van der Waals surface area contributed by atoms with Gasteiger partial charge in [0.05, 0.1) is 39.4 Å². The Labute approximate surface area is 288 Å². The van der Waals surface area contributed by atoms with Crippen molar-refractivity contribution >= 4 is 55.8 Å². The molecule has 5 aromatic rings. The summed E-state index contributed by atoms with van der Waals surface area (Å²) in [7, 11) is 0. The van der Waals surface area contributed by atoms with E-state index >= 15 is 0 Å². The summed E-state index contributed by atoms with van der Waals surface area (Å²) in [5.41, 5.74) is 2.50. The number of alkyl halides is 2. The molecule has 1 aliphatic heterocycles.